The molecule has 2 aromatic carbocycles. The molecule has 1 aliphatic carbocycles. The zero-order chi connectivity index (χ0) is 22.2. The van der Waals surface area contributed by atoms with E-state index in [1.54, 1.807) is 4.90 Å². The van der Waals surface area contributed by atoms with Gasteiger partial charge in [-0.05, 0) is 48.1 Å². The minimum absolute atomic E-state index is 0.208. The summed E-state index contributed by atoms with van der Waals surface area (Å²) in [6.07, 6.45) is 2.97. The van der Waals surface area contributed by atoms with Gasteiger partial charge in [0.25, 0.3) is 0 Å². The molecule has 1 aromatic heterocycles. The predicted octanol–water partition coefficient (Wildman–Crippen LogP) is 4.24. The number of aromatic amines is 1. The number of halogens is 1. The zero-order valence-electron chi connectivity index (χ0n) is 17.9. The molecule has 0 bridgehead atoms. The van der Waals surface area contributed by atoms with Crippen LogP contribution in [0.4, 0.5) is 5.69 Å². The van der Waals surface area contributed by atoms with E-state index in [1.165, 1.54) is 20.0 Å². The van der Waals surface area contributed by atoms with Crippen LogP contribution in [0.1, 0.15) is 35.7 Å². The number of rotatable bonds is 6. The van der Waals surface area contributed by atoms with Crippen LogP contribution in [0.2, 0.25) is 0 Å². The Kier molecular flexibility index (Phi) is 5.55. The molecule has 1 aliphatic heterocycles. The first-order valence-electron chi connectivity index (χ1n) is 11.0. The Bertz CT molecular complexity index is 1150. The van der Waals surface area contributed by atoms with Gasteiger partial charge in [-0.25, -0.2) is 4.79 Å². The quantitative estimate of drug-likeness (QED) is 0.434. The second-order valence-electron chi connectivity index (χ2n) is 8.59. The highest BCUT2D eigenvalue weighted by molar-refractivity contribution is 6.27. The van der Waals surface area contributed by atoms with Crippen LogP contribution >= 0.6 is 11.6 Å². The molecule has 0 saturated heterocycles. The number of anilines is 1. The molecule has 1 amide bonds. The minimum Gasteiger partial charge on any atom is -0.467 e. The molecule has 3 aromatic rings. The Balaban J connectivity index is 1.60. The molecule has 166 valence electrons. The second-order valence-corrected chi connectivity index (χ2v) is 8.86. The summed E-state index contributed by atoms with van der Waals surface area (Å²) >= 11 is 6.00. The van der Waals surface area contributed by atoms with Crippen molar-refractivity contribution in [3.63, 3.8) is 0 Å². The molecule has 0 radical (unpaired) electrons. The van der Waals surface area contributed by atoms with Crippen LogP contribution in [0.15, 0.2) is 48.5 Å². The van der Waals surface area contributed by atoms with E-state index in [1.807, 2.05) is 48.5 Å². The summed E-state index contributed by atoms with van der Waals surface area (Å²) in [5, 5.41) is 4.53. The van der Waals surface area contributed by atoms with Gasteiger partial charge >= 0.3 is 5.97 Å². The molecular weight excluding hydrogens is 426 g/mol. The van der Waals surface area contributed by atoms with Gasteiger partial charge in [0, 0.05) is 35.2 Å². The van der Waals surface area contributed by atoms with E-state index in [-0.39, 0.29) is 11.8 Å². The lowest BCUT2D eigenvalue weighted by atomic mass is 9.88. The largest absolute Gasteiger partial charge is 0.467 e. The molecule has 2 N–H and O–H groups in total. The van der Waals surface area contributed by atoms with Crippen LogP contribution < -0.4 is 5.32 Å². The maximum absolute atomic E-state index is 13.0. The van der Waals surface area contributed by atoms with E-state index < -0.39 is 18.1 Å². The van der Waals surface area contributed by atoms with Crippen molar-refractivity contribution in [1.29, 1.82) is 0 Å². The highest BCUT2D eigenvalue weighted by atomic mass is 35.5. The van der Waals surface area contributed by atoms with Gasteiger partial charge in [-0.15, -0.1) is 11.6 Å². The maximum atomic E-state index is 13.0. The molecule has 1 saturated carbocycles. The van der Waals surface area contributed by atoms with Crippen molar-refractivity contribution in [3.8, 4) is 0 Å². The molecule has 2 heterocycles. The molecule has 2 aliphatic rings. The number of alkyl halides is 1. The predicted molar refractivity (Wildman–Crippen MR) is 125 cm³/mol. The number of H-pyrrole nitrogens is 1. The smallest absolute Gasteiger partial charge is 0.328 e. The Labute approximate surface area is 191 Å². The molecule has 0 unspecified atom stereocenters. The summed E-state index contributed by atoms with van der Waals surface area (Å²) < 4.78 is 5.09. The van der Waals surface area contributed by atoms with Gasteiger partial charge in [-0.3, -0.25) is 4.79 Å². The summed E-state index contributed by atoms with van der Waals surface area (Å²) in [4.78, 5) is 30.9. The number of nitrogens with zero attached hydrogens (tertiary/aromatic N) is 1. The Morgan fingerprint density at radius 2 is 1.91 bits per heavy atom. The summed E-state index contributed by atoms with van der Waals surface area (Å²) in [5.74, 6) is -0.167. The van der Waals surface area contributed by atoms with Gasteiger partial charge in [0.1, 0.15) is 11.9 Å². The maximum Gasteiger partial charge on any atom is 0.328 e. The van der Waals surface area contributed by atoms with Crippen molar-refractivity contribution < 1.29 is 14.3 Å². The Hall–Kier alpha value is -2.99. The summed E-state index contributed by atoms with van der Waals surface area (Å²) in [6, 6.07) is 14.9. The van der Waals surface area contributed by atoms with E-state index >= 15 is 0 Å². The summed E-state index contributed by atoms with van der Waals surface area (Å²) in [6.45, 7) is 0.982. The average Bonchev–Trinajstić information content (AvgIpc) is 3.60. The third-order valence-corrected chi connectivity index (χ3v) is 6.75. The van der Waals surface area contributed by atoms with Gasteiger partial charge in [-0.1, -0.05) is 30.3 Å². The SMILES string of the molecule is COC(=O)[C@H]1Cc2c([nH]c3ccccc23)[C@H](c2ccc(NCC3CC3)cc2)N1C(=O)CCl. The number of para-hydroxylation sites is 1. The molecule has 2 atom stereocenters. The average molecular weight is 452 g/mol. The molecule has 1 fully saturated rings. The number of amides is 1. The lowest BCUT2D eigenvalue weighted by Gasteiger charge is -2.40. The fourth-order valence-corrected chi connectivity index (χ4v) is 4.84. The summed E-state index contributed by atoms with van der Waals surface area (Å²) in [5.41, 5.74) is 4.91. The van der Waals surface area contributed by atoms with Gasteiger partial charge in [-0.2, -0.15) is 0 Å². The van der Waals surface area contributed by atoms with E-state index in [4.69, 9.17) is 16.3 Å². The first kappa shape index (κ1) is 20.9. The highest BCUT2D eigenvalue weighted by Crippen LogP contribution is 2.41. The van der Waals surface area contributed by atoms with E-state index in [2.05, 4.69) is 10.3 Å². The highest BCUT2D eigenvalue weighted by Gasteiger charge is 2.43. The molecular formula is C25H26ClN3O3. The van der Waals surface area contributed by atoms with Gasteiger partial charge in [0.05, 0.1) is 13.2 Å². The van der Waals surface area contributed by atoms with Crippen molar-refractivity contribution in [1.82, 2.24) is 9.88 Å². The third-order valence-electron chi connectivity index (χ3n) is 6.53. The first-order chi connectivity index (χ1) is 15.6. The Morgan fingerprint density at radius 1 is 1.16 bits per heavy atom. The van der Waals surface area contributed by atoms with E-state index in [9.17, 15) is 9.59 Å². The van der Waals surface area contributed by atoms with Crippen molar-refractivity contribution in [2.45, 2.75) is 31.3 Å². The van der Waals surface area contributed by atoms with Crippen LogP contribution in [-0.2, 0) is 20.7 Å². The second kappa shape index (κ2) is 8.51. The van der Waals surface area contributed by atoms with Crippen molar-refractivity contribution in [2.75, 3.05) is 24.9 Å². The number of fused-ring (bicyclic) bond motifs is 3. The van der Waals surface area contributed by atoms with Crippen molar-refractivity contribution in [2.24, 2.45) is 5.92 Å². The first-order valence-corrected chi connectivity index (χ1v) is 11.5. The molecule has 6 nitrogen and oxygen atoms in total. The number of benzene rings is 2. The summed E-state index contributed by atoms with van der Waals surface area (Å²) in [7, 11) is 1.35. The topological polar surface area (TPSA) is 74.4 Å². The lowest BCUT2D eigenvalue weighted by Crippen LogP contribution is -2.52. The number of carbonyl (C=O) groups excluding carboxylic acids is 2. The zero-order valence-corrected chi connectivity index (χ0v) is 18.7. The fraction of sp³-hybridized carbons (Fsp3) is 0.360. The van der Waals surface area contributed by atoms with Gasteiger partial charge in [0.2, 0.25) is 5.91 Å². The van der Waals surface area contributed by atoms with Crippen molar-refractivity contribution >= 4 is 40.1 Å². The van der Waals surface area contributed by atoms with Crippen LogP contribution in [0.3, 0.4) is 0 Å². The number of methoxy groups -OCH3 is 1. The van der Waals surface area contributed by atoms with Gasteiger partial charge in [0.15, 0.2) is 0 Å². The normalized spacial score (nSPS) is 20.1. The number of esters is 1. The lowest BCUT2D eigenvalue weighted by molar-refractivity contribution is -0.154. The van der Waals surface area contributed by atoms with Crippen LogP contribution in [0, 0.1) is 5.92 Å². The molecule has 32 heavy (non-hydrogen) atoms. The Morgan fingerprint density at radius 3 is 2.59 bits per heavy atom. The van der Waals surface area contributed by atoms with Crippen LogP contribution in [0.5, 0.6) is 0 Å². The van der Waals surface area contributed by atoms with Gasteiger partial charge < -0.3 is 19.9 Å². The van der Waals surface area contributed by atoms with Crippen LogP contribution in [0.25, 0.3) is 10.9 Å². The minimum atomic E-state index is -0.740. The van der Waals surface area contributed by atoms with Crippen LogP contribution in [-0.4, -0.2) is 47.3 Å². The molecule has 5 rings (SSSR count). The number of ether oxygens (including phenoxy) is 1. The molecule has 7 heteroatoms. The van der Waals surface area contributed by atoms with E-state index in [0.29, 0.717) is 6.42 Å². The molecule has 0 spiro atoms. The number of carbonyl (C=O) groups is 2. The number of hydrogen-bond acceptors (Lipinski definition) is 4. The monoisotopic (exact) mass is 451 g/mol. The van der Waals surface area contributed by atoms with E-state index in [0.717, 1.165) is 45.9 Å². The third kappa shape index (κ3) is 3.73. The number of aromatic nitrogens is 1. The number of hydrogen-bond donors (Lipinski definition) is 2. The fourth-order valence-electron chi connectivity index (χ4n) is 4.70. The van der Waals surface area contributed by atoms with Crippen molar-refractivity contribution in [3.05, 3.63) is 65.4 Å². The standard InChI is InChI=1S/C25H26ClN3O3/c1-32-25(31)21-12-19-18-4-2-3-5-20(18)28-23(19)24(29(21)22(30)13-26)16-8-10-17(11-9-16)27-14-15-6-7-15/h2-5,8-11,15,21,24,27-28H,6-7,12-14H2,1H3/t21-,24+/m1/s1. The number of nitrogens with one attached hydrogen (secondary N) is 2.